The topological polar surface area (TPSA) is 49.4 Å². The fourth-order valence-electron chi connectivity index (χ4n) is 2.59. The van der Waals surface area contributed by atoms with E-state index in [1.54, 1.807) is 7.05 Å². The molecule has 20 heavy (non-hydrogen) atoms. The average molecular weight is 274 g/mol. The summed E-state index contributed by atoms with van der Waals surface area (Å²) in [5, 5.41) is 2.68. The minimum atomic E-state index is 0.0587. The molecule has 0 spiro atoms. The molecule has 0 unspecified atom stereocenters. The minimum Gasteiger partial charge on any atom is -0.359 e. The summed E-state index contributed by atoms with van der Waals surface area (Å²) in [6.45, 7) is 3.40. The van der Waals surface area contributed by atoms with E-state index in [2.05, 4.69) is 5.32 Å². The molecule has 0 atom stereocenters. The number of piperidine rings is 1. The molecule has 1 N–H and O–H groups in total. The van der Waals surface area contributed by atoms with Crippen LogP contribution in [0.5, 0.6) is 0 Å². The largest absolute Gasteiger partial charge is 0.359 e. The van der Waals surface area contributed by atoms with Crippen molar-refractivity contribution < 1.29 is 9.59 Å². The zero-order valence-corrected chi connectivity index (χ0v) is 12.2. The number of amides is 2. The predicted molar refractivity (Wildman–Crippen MR) is 78.3 cm³/mol. The summed E-state index contributed by atoms with van der Waals surface area (Å²) in [6, 6.07) is 8.07. The molecule has 0 radical (unpaired) electrons. The van der Waals surface area contributed by atoms with Crippen molar-refractivity contribution in [3.63, 3.8) is 0 Å². The van der Waals surface area contributed by atoms with Crippen molar-refractivity contribution in [2.24, 2.45) is 5.92 Å². The van der Waals surface area contributed by atoms with E-state index in [9.17, 15) is 9.59 Å². The number of hydrogen-bond donors (Lipinski definition) is 1. The average Bonchev–Trinajstić information content (AvgIpc) is 2.49. The third kappa shape index (κ3) is 3.59. The summed E-state index contributed by atoms with van der Waals surface area (Å²) in [7, 11) is 1.66. The smallest absolute Gasteiger partial charge is 0.226 e. The van der Waals surface area contributed by atoms with Crippen molar-refractivity contribution in [3.8, 4) is 0 Å². The Morgan fingerprint density at radius 1 is 1.20 bits per heavy atom. The molecule has 0 saturated carbocycles. The van der Waals surface area contributed by atoms with Crippen LogP contribution in [0.15, 0.2) is 24.3 Å². The van der Waals surface area contributed by atoms with Gasteiger partial charge >= 0.3 is 0 Å². The van der Waals surface area contributed by atoms with Crippen LogP contribution in [-0.2, 0) is 16.0 Å². The van der Waals surface area contributed by atoms with Crippen LogP contribution in [-0.4, -0.2) is 36.9 Å². The lowest BCUT2D eigenvalue weighted by atomic mass is 9.95. The van der Waals surface area contributed by atoms with Gasteiger partial charge in [0.1, 0.15) is 0 Å². The van der Waals surface area contributed by atoms with Gasteiger partial charge in [0.2, 0.25) is 11.8 Å². The molecule has 2 rings (SSSR count). The number of benzene rings is 1. The Morgan fingerprint density at radius 3 is 2.35 bits per heavy atom. The van der Waals surface area contributed by atoms with E-state index in [4.69, 9.17) is 0 Å². The summed E-state index contributed by atoms with van der Waals surface area (Å²) in [5.41, 5.74) is 2.25. The second kappa shape index (κ2) is 6.55. The van der Waals surface area contributed by atoms with Crippen molar-refractivity contribution >= 4 is 11.8 Å². The fraction of sp³-hybridized carbons (Fsp3) is 0.500. The van der Waals surface area contributed by atoms with E-state index < -0.39 is 0 Å². The van der Waals surface area contributed by atoms with E-state index in [1.807, 2.05) is 36.1 Å². The highest BCUT2D eigenvalue weighted by Crippen LogP contribution is 2.18. The first-order valence-corrected chi connectivity index (χ1v) is 7.15. The number of rotatable bonds is 3. The number of hydrogen-bond acceptors (Lipinski definition) is 2. The molecule has 4 heteroatoms. The molecule has 1 aromatic carbocycles. The normalized spacial score (nSPS) is 16.0. The zero-order chi connectivity index (χ0) is 14.5. The van der Waals surface area contributed by atoms with Crippen LogP contribution >= 0.6 is 0 Å². The lowest BCUT2D eigenvalue weighted by Crippen LogP contribution is -2.42. The molecule has 4 nitrogen and oxygen atoms in total. The second-order valence-corrected chi connectivity index (χ2v) is 5.43. The van der Waals surface area contributed by atoms with Crippen LogP contribution in [0.25, 0.3) is 0 Å². The second-order valence-electron chi connectivity index (χ2n) is 5.43. The number of carbonyl (C=O) groups excluding carboxylic acids is 2. The maximum Gasteiger partial charge on any atom is 0.226 e. The van der Waals surface area contributed by atoms with Gasteiger partial charge in [0.25, 0.3) is 0 Å². The lowest BCUT2D eigenvalue weighted by Gasteiger charge is -2.31. The highest BCUT2D eigenvalue weighted by molar-refractivity contribution is 5.80. The molecule has 108 valence electrons. The highest BCUT2D eigenvalue weighted by Gasteiger charge is 2.26. The van der Waals surface area contributed by atoms with Gasteiger partial charge in [-0.1, -0.05) is 29.8 Å². The van der Waals surface area contributed by atoms with Crippen molar-refractivity contribution in [1.82, 2.24) is 10.2 Å². The highest BCUT2D eigenvalue weighted by atomic mass is 16.2. The number of likely N-dealkylation sites (tertiary alicyclic amines) is 1. The van der Waals surface area contributed by atoms with Crippen LogP contribution in [0.3, 0.4) is 0 Å². The van der Waals surface area contributed by atoms with Crippen LogP contribution < -0.4 is 5.32 Å². The van der Waals surface area contributed by atoms with Gasteiger partial charge in [-0.3, -0.25) is 9.59 Å². The Morgan fingerprint density at radius 2 is 1.80 bits per heavy atom. The maximum absolute atomic E-state index is 12.2. The van der Waals surface area contributed by atoms with E-state index >= 15 is 0 Å². The van der Waals surface area contributed by atoms with E-state index in [0.29, 0.717) is 19.5 Å². The SMILES string of the molecule is CNC(=O)C1CCN(C(=O)Cc2ccc(C)cc2)CC1. The van der Waals surface area contributed by atoms with Gasteiger partial charge < -0.3 is 10.2 Å². The summed E-state index contributed by atoms with van der Waals surface area (Å²) >= 11 is 0. The zero-order valence-electron chi connectivity index (χ0n) is 12.2. The van der Waals surface area contributed by atoms with Crippen molar-refractivity contribution in [2.75, 3.05) is 20.1 Å². The maximum atomic E-state index is 12.2. The quantitative estimate of drug-likeness (QED) is 0.908. The molecule has 1 saturated heterocycles. The Bertz CT molecular complexity index is 474. The molecular weight excluding hydrogens is 252 g/mol. The first-order valence-electron chi connectivity index (χ1n) is 7.15. The van der Waals surface area contributed by atoms with Crippen LogP contribution in [0, 0.1) is 12.8 Å². The molecule has 1 aliphatic heterocycles. The Kier molecular flexibility index (Phi) is 4.77. The number of aryl methyl sites for hydroxylation is 1. The lowest BCUT2D eigenvalue weighted by molar-refractivity contribution is -0.134. The fourth-order valence-corrected chi connectivity index (χ4v) is 2.59. The summed E-state index contributed by atoms with van der Waals surface area (Å²) in [4.78, 5) is 25.6. The van der Waals surface area contributed by atoms with Gasteiger partial charge in [-0.15, -0.1) is 0 Å². The van der Waals surface area contributed by atoms with Crippen LogP contribution in [0.2, 0.25) is 0 Å². The van der Waals surface area contributed by atoms with Gasteiger partial charge in [-0.25, -0.2) is 0 Å². The van der Waals surface area contributed by atoms with E-state index in [-0.39, 0.29) is 17.7 Å². The summed E-state index contributed by atoms with van der Waals surface area (Å²) in [5.74, 6) is 0.309. The molecule has 0 aromatic heterocycles. The van der Waals surface area contributed by atoms with Crippen LogP contribution in [0.4, 0.5) is 0 Å². The molecule has 2 amide bonds. The molecule has 1 aliphatic rings. The van der Waals surface area contributed by atoms with Gasteiger partial charge in [0.15, 0.2) is 0 Å². The standard InChI is InChI=1S/C16H22N2O2/c1-12-3-5-13(6-4-12)11-15(19)18-9-7-14(8-10-18)16(20)17-2/h3-6,14H,7-11H2,1-2H3,(H,17,20). The van der Waals surface area contributed by atoms with Crippen molar-refractivity contribution in [1.29, 1.82) is 0 Å². The van der Waals surface area contributed by atoms with E-state index in [0.717, 1.165) is 18.4 Å². The first kappa shape index (κ1) is 14.6. The minimum absolute atomic E-state index is 0.0587. The summed E-state index contributed by atoms with van der Waals surface area (Å²) in [6.07, 6.45) is 1.98. The van der Waals surface area contributed by atoms with Crippen LogP contribution in [0.1, 0.15) is 24.0 Å². The number of nitrogens with one attached hydrogen (secondary N) is 1. The van der Waals surface area contributed by atoms with Crippen molar-refractivity contribution in [2.45, 2.75) is 26.2 Å². The monoisotopic (exact) mass is 274 g/mol. The predicted octanol–water partition coefficient (Wildman–Crippen LogP) is 1.52. The van der Waals surface area contributed by atoms with Crippen molar-refractivity contribution in [3.05, 3.63) is 35.4 Å². The number of carbonyl (C=O) groups is 2. The molecule has 1 fully saturated rings. The first-order chi connectivity index (χ1) is 9.60. The molecular formula is C16H22N2O2. The molecule has 0 bridgehead atoms. The Hall–Kier alpha value is -1.84. The number of nitrogens with zero attached hydrogens (tertiary/aromatic N) is 1. The Balaban J connectivity index is 1.85. The molecule has 1 heterocycles. The molecule has 1 aromatic rings. The third-order valence-electron chi connectivity index (χ3n) is 3.94. The van der Waals surface area contributed by atoms with Gasteiger partial charge in [0.05, 0.1) is 6.42 Å². The van der Waals surface area contributed by atoms with Gasteiger partial charge in [-0.2, -0.15) is 0 Å². The molecule has 0 aliphatic carbocycles. The third-order valence-corrected chi connectivity index (χ3v) is 3.94. The van der Waals surface area contributed by atoms with Gasteiger partial charge in [-0.05, 0) is 25.3 Å². The van der Waals surface area contributed by atoms with Gasteiger partial charge in [0, 0.05) is 26.1 Å². The van der Waals surface area contributed by atoms with E-state index in [1.165, 1.54) is 5.56 Å². The summed E-state index contributed by atoms with van der Waals surface area (Å²) < 4.78 is 0. The Labute approximate surface area is 120 Å².